The van der Waals surface area contributed by atoms with Crippen LogP contribution in [-0.4, -0.2) is 43.4 Å². The fourth-order valence-corrected chi connectivity index (χ4v) is 2.36. The second-order valence-corrected chi connectivity index (χ2v) is 6.96. The number of aliphatic imine (C=N–C) groups is 1. The lowest BCUT2D eigenvalue weighted by atomic mass is 9.92. The molecule has 0 radical (unpaired) electrons. The van der Waals surface area contributed by atoms with Crippen molar-refractivity contribution in [1.82, 2.24) is 15.5 Å². The average Bonchev–Trinajstić information content (AvgIpc) is 2.58. The number of hydrogen-bond acceptors (Lipinski definition) is 2. The molecule has 1 amide bonds. The smallest absolute Gasteiger partial charge is 0.357 e. The maximum Gasteiger partial charge on any atom is 0.416 e. The molecule has 0 saturated carbocycles. The molecule has 2 N–H and O–H groups in total. The predicted molar refractivity (Wildman–Crippen MR) is 101 cm³/mol. The van der Waals surface area contributed by atoms with E-state index in [0.29, 0.717) is 32.1 Å². The van der Waals surface area contributed by atoms with E-state index in [0.717, 1.165) is 17.7 Å². The van der Waals surface area contributed by atoms with Crippen molar-refractivity contribution >= 4 is 11.9 Å². The molecule has 0 bridgehead atoms. The summed E-state index contributed by atoms with van der Waals surface area (Å²) in [4.78, 5) is 18.5. The largest absolute Gasteiger partial charge is 0.416 e. The van der Waals surface area contributed by atoms with Crippen molar-refractivity contribution in [2.24, 2.45) is 10.4 Å². The molecule has 0 aromatic heterocycles. The zero-order chi connectivity index (χ0) is 20.7. The van der Waals surface area contributed by atoms with Crippen LogP contribution in [0.2, 0.25) is 0 Å². The van der Waals surface area contributed by atoms with Gasteiger partial charge in [0.1, 0.15) is 0 Å². The Bertz CT molecular complexity index is 639. The van der Waals surface area contributed by atoms with Crippen LogP contribution in [-0.2, 0) is 17.5 Å². The summed E-state index contributed by atoms with van der Waals surface area (Å²) in [5.74, 6) is 0.518. The van der Waals surface area contributed by atoms with E-state index in [1.54, 1.807) is 7.05 Å². The number of halogens is 3. The molecule has 5 nitrogen and oxygen atoms in total. The maximum absolute atomic E-state index is 12.7. The van der Waals surface area contributed by atoms with Gasteiger partial charge in [-0.25, -0.2) is 0 Å². The number of carbonyl (C=O) groups is 1. The monoisotopic (exact) mass is 386 g/mol. The molecule has 0 fully saturated rings. The zero-order valence-electron chi connectivity index (χ0n) is 16.6. The Kier molecular flexibility index (Phi) is 8.12. The summed E-state index contributed by atoms with van der Waals surface area (Å²) in [5.41, 5.74) is -0.594. The Hall–Kier alpha value is -2.25. The van der Waals surface area contributed by atoms with E-state index >= 15 is 0 Å². The topological polar surface area (TPSA) is 56.7 Å². The van der Waals surface area contributed by atoms with Crippen molar-refractivity contribution in [3.63, 3.8) is 0 Å². The fraction of sp³-hybridized carbons (Fsp3) is 0.579. The maximum atomic E-state index is 12.7. The minimum atomic E-state index is -4.34. The number of amides is 1. The van der Waals surface area contributed by atoms with Crippen molar-refractivity contribution in [2.75, 3.05) is 26.7 Å². The van der Waals surface area contributed by atoms with Crippen LogP contribution in [0.3, 0.4) is 0 Å². The Morgan fingerprint density at radius 3 is 2.11 bits per heavy atom. The van der Waals surface area contributed by atoms with Crippen molar-refractivity contribution in [3.05, 3.63) is 35.4 Å². The highest BCUT2D eigenvalue weighted by atomic mass is 19.4. The number of alkyl halides is 3. The lowest BCUT2D eigenvalue weighted by Gasteiger charge is -2.25. The van der Waals surface area contributed by atoms with Gasteiger partial charge in [-0.1, -0.05) is 12.1 Å². The second kappa shape index (κ2) is 9.62. The normalized spacial score (nSPS) is 12.7. The molecule has 1 aromatic rings. The molecule has 1 aromatic carbocycles. The first-order valence-electron chi connectivity index (χ1n) is 8.95. The number of guanidine groups is 1. The van der Waals surface area contributed by atoms with E-state index in [2.05, 4.69) is 15.6 Å². The Morgan fingerprint density at radius 2 is 1.63 bits per heavy atom. The number of rotatable bonds is 7. The third kappa shape index (κ3) is 7.11. The third-order valence-corrected chi connectivity index (χ3v) is 3.97. The summed E-state index contributed by atoms with van der Waals surface area (Å²) in [6.07, 6.45) is -4.34. The van der Waals surface area contributed by atoms with E-state index in [1.807, 2.05) is 32.6 Å². The van der Waals surface area contributed by atoms with Crippen LogP contribution in [0.25, 0.3) is 0 Å². The highest BCUT2D eigenvalue weighted by Crippen LogP contribution is 2.29. The molecule has 0 aliphatic rings. The zero-order valence-corrected chi connectivity index (χ0v) is 16.6. The molecule has 0 spiro atoms. The van der Waals surface area contributed by atoms with Crippen LogP contribution in [0.1, 0.15) is 38.8 Å². The summed E-state index contributed by atoms with van der Waals surface area (Å²) in [6, 6.07) is 5.07. The standard InChI is InChI=1S/C19H29F3N4O/c1-6-23-16(27)18(3,4)13-25-17(24-7-2)26(5)12-14-8-10-15(11-9-14)19(20,21)22/h8-11H,6-7,12-13H2,1-5H3,(H,23,27)(H,24,25). The van der Waals surface area contributed by atoms with Gasteiger partial charge in [-0.05, 0) is 45.4 Å². The quantitative estimate of drug-likeness (QED) is 0.559. The fourth-order valence-electron chi connectivity index (χ4n) is 2.36. The van der Waals surface area contributed by atoms with Crippen LogP contribution < -0.4 is 10.6 Å². The molecule has 0 heterocycles. The SMILES string of the molecule is CCNC(=O)C(C)(C)CN=C(NCC)N(C)Cc1ccc(C(F)(F)F)cc1. The van der Waals surface area contributed by atoms with E-state index in [1.165, 1.54) is 12.1 Å². The van der Waals surface area contributed by atoms with Gasteiger partial charge in [-0.2, -0.15) is 13.2 Å². The minimum absolute atomic E-state index is 0.0741. The van der Waals surface area contributed by atoms with Crippen LogP contribution in [0.15, 0.2) is 29.3 Å². The average molecular weight is 386 g/mol. The van der Waals surface area contributed by atoms with Crippen LogP contribution in [0.5, 0.6) is 0 Å². The van der Waals surface area contributed by atoms with Crippen LogP contribution >= 0.6 is 0 Å². The van der Waals surface area contributed by atoms with Crippen molar-refractivity contribution < 1.29 is 18.0 Å². The van der Waals surface area contributed by atoms with Crippen LogP contribution in [0, 0.1) is 5.41 Å². The van der Waals surface area contributed by atoms with E-state index in [9.17, 15) is 18.0 Å². The Balaban J connectivity index is 2.85. The molecule has 152 valence electrons. The summed E-state index contributed by atoms with van der Waals surface area (Å²) in [7, 11) is 1.80. The minimum Gasteiger partial charge on any atom is -0.357 e. The van der Waals surface area contributed by atoms with Crippen molar-refractivity contribution in [3.8, 4) is 0 Å². The summed E-state index contributed by atoms with van der Waals surface area (Å²) in [6.45, 7) is 9.30. The molecule has 0 aliphatic carbocycles. The molecule has 1 rings (SSSR count). The molecule has 0 unspecified atom stereocenters. The first kappa shape index (κ1) is 22.8. The number of hydrogen-bond donors (Lipinski definition) is 2. The van der Waals surface area contributed by atoms with Gasteiger partial charge < -0.3 is 15.5 Å². The highest BCUT2D eigenvalue weighted by Gasteiger charge is 2.30. The van der Waals surface area contributed by atoms with Gasteiger partial charge in [0.15, 0.2) is 5.96 Å². The van der Waals surface area contributed by atoms with E-state index in [-0.39, 0.29) is 5.91 Å². The van der Waals surface area contributed by atoms with Crippen molar-refractivity contribution in [2.45, 2.75) is 40.4 Å². The Morgan fingerprint density at radius 1 is 1.07 bits per heavy atom. The third-order valence-electron chi connectivity index (χ3n) is 3.97. The van der Waals surface area contributed by atoms with Gasteiger partial charge >= 0.3 is 6.18 Å². The van der Waals surface area contributed by atoms with Crippen LogP contribution in [0.4, 0.5) is 13.2 Å². The number of nitrogens with one attached hydrogen (secondary N) is 2. The van der Waals surface area contributed by atoms with E-state index < -0.39 is 17.2 Å². The first-order chi connectivity index (χ1) is 12.5. The van der Waals surface area contributed by atoms with Crippen molar-refractivity contribution in [1.29, 1.82) is 0 Å². The van der Waals surface area contributed by atoms with E-state index in [4.69, 9.17) is 0 Å². The highest BCUT2D eigenvalue weighted by molar-refractivity contribution is 5.83. The molecule has 27 heavy (non-hydrogen) atoms. The number of nitrogens with zero attached hydrogens (tertiary/aromatic N) is 2. The van der Waals surface area contributed by atoms with Gasteiger partial charge in [0, 0.05) is 26.7 Å². The number of benzene rings is 1. The molecule has 0 saturated heterocycles. The lowest BCUT2D eigenvalue weighted by molar-refractivity contribution is -0.137. The molecular weight excluding hydrogens is 357 g/mol. The predicted octanol–water partition coefficient (Wildman–Crippen LogP) is 3.27. The van der Waals surface area contributed by atoms with Gasteiger partial charge in [0.25, 0.3) is 0 Å². The van der Waals surface area contributed by atoms with Gasteiger partial charge in [0.05, 0.1) is 17.5 Å². The Labute approximate surface area is 159 Å². The summed E-state index contributed by atoms with van der Waals surface area (Å²) >= 11 is 0. The molecular formula is C19H29F3N4O. The molecule has 0 atom stereocenters. The number of carbonyl (C=O) groups excluding carboxylic acids is 1. The van der Waals surface area contributed by atoms with Gasteiger partial charge in [0.2, 0.25) is 5.91 Å². The first-order valence-corrected chi connectivity index (χ1v) is 8.95. The molecule has 0 aliphatic heterocycles. The van der Waals surface area contributed by atoms with Gasteiger partial charge in [-0.3, -0.25) is 9.79 Å². The van der Waals surface area contributed by atoms with Gasteiger partial charge in [-0.15, -0.1) is 0 Å². The lowest BCUT2D eigenvalue weighted by Crippen LogP contribution is -2.42. The molecule has 8 heteroatoms. The second-order valence-electron chi connectivity index (χ2n) is 6.96. The summed E-state index contributed by atoms with van der Waals surface area (Å²) in [5, 5.41) is 5.94. The summed E-state index contributed by atoms with van der Waals surface area (Å²) < 4.78 is 38.0.